The highest BCUT2D eigenvalue weighted by atomic mass is 28.3. The van der Waals surface area contributed by atoms with E-state index in [9.17, 15) is 35.1 Å². The van der Waals surface area contributed by atoms with E-state index in [4.69, 9.17) is 0 Å². The average molecular weight is 483 g/mol. The number of hydrogen-bond donors (Lipinski definition) is 0. The third-order valence-corrected chi connectivity index (χ3v) is 8.69. The summed E-state index contributed by atoms with van der Waals surface area (Å²) in [5, 5.41) is -0.942. The quantitative estimate of drug-likeness (QED) is 0.202. The lowest BCUT2D eigenvalue weighted by molar-refractivity contribution is 0.427. The van der Waals surface area contributed by atoms with Crippen LogP contribution in [-0.2, 0) is 18.9 Å². The SMILES string of the molecule is CCCCc1c(F)c(F)c(C[Si](C)(C)c2c(F)c(F)c(CCCC)c(F)c2F)c(F)c1F. The minimum absolute atomic E-state index is 0.219. The van der Waals surface area contributed by atoms with E-state index in [2.05, 4.69) is 0 Å². The summed E-state index contributed by atoms with van der Waals surface area (Å²) in [6.07, 6.45) is 1.23. The van der Waals surface area contributed by atoms with Crippen LogP contribution in [0.2, 0.25) is 13.1 Å². The molecule has 0 aliphatic rings. The van der Waals surface area contributed by atoms with E-state index in [0.717, 1.165) is 0 Å². The predicted molar refractivity (Wildman–Crippen MR) is 111 cm³/mol. The second kappa shape index (κ2) is 10.4. The Hall–Kier alpha value is -1.90. The molecule has 0 N–H and O–H groups in total. The molecule has 0 atom stereocenters. The predicted octanol–water partition coefficient (Wildman–Crippen LogP) is 7.18. The molecule has 0 aromatic heterocycles. The fourth-order valence-electron chi connectivity index (χ4n) is 3.83. The zero-order valence-electron chi connectivity index (χ0n) is 18.5. The van der Waals surface area contributed by atoms with Crippen LogP contribution in [0.5, 0.6) is 0 Å². The van der Waals surface area contributed by atoms with Gasteiger partial charge in [-0.1, -0.05) is 39.8 Å². The number of unbranched alkanes of at least 4 members (excludes halogenated alkanes) is 2. The van der Waals surface area contributed by atoms with Crippen molar-refractivity contribution in [2.75, 3.05) is 0 Å². The molecule has 0 saturated carbocycles. The molecule has 32 heavy (non-hydrogen) atoms. The molecule has 0 bridgehead atoms. The molecule has 0 fully saturated rings. The lowest BCUT2D eigenvalue weighted by Gasteiger charge is -2.26. The Balaban J connectivity index is 2.60. The molecule has 0 radical (unpaired) electrons. The van der Waals surface area contributed by atoms with E-state index in [1.165, 1.54) is 13.1 Å². The standard InChI is InChI=1S/C23H26F8Si/c1-5-7-9-12-15(24)19(28)14(20(29)16(12)25)11-32(3,4)23-21(30)17(26)13(10-8-6-2)18(27)22(23)31/h5-11H2,1-4H3. The fraction of sp³-hybridized carbons (Fsp3) is 0.478. The van der Waals surface area contributed by atoms with E-state index in [-0.39, 0.29) is 12.8 Å². The lowest BCUT2D eigenvalue weighted by Crippen LogP contribution is -2.49. The first kappa shape index (κ1) is 26.4. The summed E-state index contributed by atoms with van der Waals surface area (Å²) in [6, 6.07) is -0.798. The van der Waals surface area contributed by atoms with E-state index >= 15 is 0 Å². The van der Waals surface area contributed by atoms with Gasteiger partial charge in [-0.05, 0) is 31.7 Å². The summed E-state index contributed by atoms with van der Waals surface area (Å²) in [5.74, 6) is -12.8. The third-order valence-electron chi connectivity index (χ3n) is 5.66. The van der Waals surface area contributed by atoms with Gasteiger partial charge in [0.1, 0.15) is 0 Å². The maximum Gasteiger partial charge on any atom is 0.165 e. The topological polar surface area (TPSA) is 0 Å². The highest BCUT2D eigenvalue weighted by Crippen LogP contribution is 2.30. The van der Waals surface area contributed by atoms with E-state index < -0.39 is 82.5 Å². The first-order valence-corrected chi connectivity index (χ1v) is 13.8. The van der Waals surface area contributed by atoms with Gasteiger partial charge in [-0.2, -0.15) is 0 Å². The number of halogens is 8. The second-order valence-electron chi connectivity index (χ2n) is 8.59. The Morgan fingerprint density at radius 1 is 0.500 bits per heavy atom. The fourth-order valence-corrected chi connectivity index (χ4v) is 6.60. The Labute approximate surface area is 183 Å². The van der Waals surface area contributed by atoms with Crippen molar-refractivity contribution in [2.45, 2.75) is 71.5 Å². The van der Waals surface area contributed by atoms with Crippen molar-refractivity contribution in [1.29, 1.82) is 0 Å². The third kappa shape index (κ3) is 4.87. The molecule has 9 heteroatoms. The second-order valence-corrected chi connectivity index (χ2v) is 13.2. The molecule has 2 aromatic carbocycles. The minimum atomic E-state index is -3.72. The zero-order valence-corrected chi connectivity index (χ0v) is 19.5. The van der Waals surface area contributed by atoms with E-state index in [1.54, 1.807) is 13.8 Å². The monoisotopic (exact) mass is 482 g/mol. The van der Waals surface area contributed by atoms with Gasteiger partial charge in [-0.25, -0.2) is 35.1 Å². The van der Waals surface area contributed by atoms with Crippen LogP contribution in [0.1, 0.15) is 56.2 Å². The molecule has 0 heterocycles. The molecule has 0 amide bonds. The van der Waals surface area contributed by atoms with Crippen molar-refractivity contribution >= 4 is 13.3 Å². The van der Waals surface area contributed by atoms with Crippen molar-refractivity contribution in [1.82, 2.24) is 0 Å². The Bertz CT molecular complexity index is 942. The van der Waals surface area contributed by atoms with Gasteiger partial charge < -0.3 is 0 Å². The van der Waals surface area contributed by atoms with Gasteiger partial charge in [0.15, 0.2) is 46.5 Å². The van der Waals surface area contributed by atoms with Crippen molar-refractivity contribution in [3.63, 3.8) is 0 Å². The van der Waals surface area contributed by atoms with Gasteiger partial charge in [-0.3, -0.25) is 0 Å². The van der Waals surface area contributed by atoms with Crippen LogP contribution < -0.4 is 5.19 Å². The molecule has 2 rings (SSSR count). The lowest BCUT2D eigenvalue weighted by atomic mass is 10.0. The largest absolute Gasteiger partial charge is 0.204 e. The van der Waals surface area contributed by atoms with Crippen molar-refractivity contribution < 1.29 is 35.1 Å². The minimum Gasteiger partial charge on any atom is -0.204 e. The van der Waals surface area contributed by atoms with Crippen LogP contribution in [0.15, 0.2) is 0 Å². The maximum atomic E-state index is 14.8. The normalized spacial score (nSPS) is 12.0. The highest BCUT2D eigenvalue weighted by Gasteiger charge is 2.38. The summed E-state index contributed by atoms with van der Waals surface area (Å²) in [5.41, 5.74) is -2.49. The summed E-state index contributed by atoms with van der Waals surface area (Å²) in [4.78, 5) is 0. The molecule has 0 aliphatic carbocycles. The molecule has 0 unspecified atom stereocenters. The molecule has 0 saturated heterocycles. The smallest absolute Gasteiger partial charge is 0.165 e. The number of benzene rings is 2. The van der Waals surface area contributed by atoms with Gasteiger partial charge in [0.05, 0.1) is 8.07 Å². The Morgan fingerprint density at radius 2 is 0.812 bits per heavy atom. The zero-order chi connectivity index (χ0) is 24.4. The summed E-state index contributed by atoms with van der Waals surface area (Å²) >= 11 is 0. The average Bonchev–Trinajstić information content (AvgIpc) is 2.74. The van der Waals surface area contributed by atoms with Crippen molar-refractivity contribution in [2.24, 2.45) is 0 Å². The highest BCUT2D eigenvalue weighted by molar-refractivity contribution is 6.89. The molecule has 0 aliphatic heterocycles. The van der Waals surface area contributed by atoms with Crippen LogP contribution in [0.4, 0.5) is 35.1 Å². The van der Waals surface area contributed by atoms with Gasteiger partial charge in [0, 0.05) is 21.9 Å². The van der Waals surface area contributed by atoms with Crippen LogP contribution >= 0.6 is 0 Å². The number of rotatable bonds is 9. The molecule has 178 valence electrons. The van der Waals surface area contributed by atoms with E-state index in [0.29, 0.717) is 25.7 Å². The summed E-state index contributed by atoms with van der Waals surface area (Å²) in [7, 11) is -3.72. The molecular weight excluding hydrogens is 456 g/mol. The number of hydrogen-bond acceptors (Lipinski definition) is 0. The first-order chi connectivity index (χ1) is 14.9. The molecule has 2 aromatic rings. The van der Waals surface area contributed by atoms with Gasteiger partial charge >= 0.3 is 0 Å². The van der Waals surface area contributed by atoms with Crippen LogP contribution in [-0.4, -0.2) is 8.07 Å². The van der Waals surface area contributed by atoms with E-state index in [1.807, 2.05) is 0 Å². The van der Waals surface area contributed by atoms with Gasteiger partial charge in [-0.15, -0.1) is 0 Å². The first-order valence-electron chi connectivity index (χ1n) is 10.6. The van der Waals surface area contributed by atoms with Gasteiger partial charge in [0.25, 0.3) is 0 Å². The maximum absolute atomic E-state index is 14.8. The summed E-state index contributed by atoms with van der Waals surface area (Å²) < 4.78 is 117. The summed E-state index contributed by atoms with van der Waals surface area (Å²) in [6.45, 7) is 5.92. The van der Waals surface area contributed by atoms with Crippen LogP contribution in [0, 0.1) is 46.5 Å². The molecule has 0 spiro atoms. The van der Waals surface area contributed by atoms with Crippen molar-refractivity contribution in [3.05, 3.63) is 63.2 Å². The van der Waals surface area contributed by atoms with Crippen LogP contribution in [0.25, 0.3) is 0 Å². The molecular formula is C23H26F8Si. The Kier molecular flexibility index (Phi) is 8.53. The molecule has 0 nitrogen and oxygen atoms in total. The van der Waals surface area contributed by atoms with Crippen molar-refractivity contribution in [3.8, 4) is 0 Å². The van der Waals surface area contributed by atoms with Gasteiger partial charge in [0.2, 0.25) is 0 Å². The van der Waals surface area contributed by atoms with Crippen LogP contribution in [0.3, 0.4) is 0 Å². The Morgan fingerprint density at radius 3 is 1.16 bits per heavy atom.